The number of furan rings is 1. The van der Waals surface area contributed by atoms with Gasteiger partial charge in [-0.15, -0.1) is 0 Å². The Morgan fingerprint density at radius 3 is 1.47 bits per heavy atom. The van der Waals surface area contributed by atoms with Crippen LogP contribution in [0.3, 0.4) is 0 Å². The van der Waals surface area contributed by atoms with E-state index < -0.39 is 0 Å². The Morgan fingerprint density at radius 1 is 0.333 bits per heavy atom. The van der Waals surface area contributed by atoms with Crippen LogP contribution in [0.25, 0.3) is 88.3 Å². The molecule has 0 N–H and O–H groups in total. The Hall–Kier alpha value is -7.94. The van der Waals surface area contributed by atoms with E-state index in [4.69, 9.17) is 4.42 Å². The average molecular weight is 770 g/mol. The molecule has 0 unspecified atom stereocenters. The molecule has 60 heavy (non-hydrogen) atoms. The van der Waals surface area contributed by atoms with Crippen LogP contribution in [0.5, 0.6) is 0 Å². The van der Waals surface area contributed by atoms with Crippen molar-refractivity contribution in [3.8, 4) is 55.6 Å². The van der Waals surface area contributed by atoms with Gasteiger partial charge < -0.3 is 9.32 Å². The normalized spacial score (nSPS) is 12.3. The molecule has 0 aliphatic heterocycles. The lowest BCUT2D eigenvalue weighted by atomic mass is 9.95. The lowest BCUT2D eigenvalue weighted by Gasteiger charge is -2.28. The number of anilines is 3. The van der Waals surface area contributed by atoms with E-state index in [1.807, 2.05) is 132 Å². The molecule has 2 heteroatoms. The van der Waals surface area contributed by atoms with Gasteiger partial charge in [-0.2, -0.15) is 0 Å². The largest absolute Gasteiger partial charge is 0.455 e. The molecule has 0 aliphatic rings. The van der Waals surface area contributed by atoms with Crippen molar-refractivity contribution in [2.45, 2.75) is 0 Å². The van der Waals surface area contributed by atoms with Gasteiger partial charge in [0.15, 0.2) is 0 Å². The van der Waals surface area contributed by atoms with E-state index in [0.29, 0.717) is 16.9 Å². The Kier molecular flexibility index (Phi) is 7.83. The van der Waals surface area contributed by atoms with Gasteiger partial charge in [0.2, 0.25) is 0 Å². The fourth-order valence-corrected chi connectivity index (χ4v) is 8.37. The van der Waals surface area contributed by atoms with Crippen molar-refractivity contribution >= 4 is 49.8 Å². The zero-order chi connectivity index (χ0) is 43.3. The van der Waals surface area contributed by atoms with Gasteiger partial charge in [-0.05, 0) is 97.9 Å². The summed E-state index contributed by atoms with van der Waals surface area (Å²) in [6, 6.07) is 70.7. The molecule has 282 valence electrons. The third-order valence-corrected chi connectivity index (χ3v) is 11.4. The molecule has 11 aromatic rings. The topological polar surface area (TPSA) is 16.4 Å². The van der Waals surface area contributed by atoms with Gasteiger partial charge in [-0.3, -0.25) is 0 Å². The SMILES string of the molecule is [2H]c1c([2H])c(N(c2ccc(-c3ccc(-c4ccccc4)cc3)cc2)c2ccccc2-c2cccc3oc4c5ccccc5ccc4c23)c([2H])c([2H])c1-c1ccc(-c2ccccc2)cc1. The molecule has 0 fully saturated rings. The van der Waals surface area contributed by atoms with Gasteiger partial charge in [0, 0.05) is 33.1 Å². The van der Waals surface area contributed by atoms with Crippen LogP contribution in [-0.4, -0.2) is 0 Å². The Morgan fingerprint density at radius 2 is 0.833 bits per heavy atom. The maximum Gasteiger partial charge on any atom is 0.143 e. The fraction of sp³-hybridized carbons (Fsp3) is 0. The summed E-state index contributed by atoms with van der Waals surface area (Å²) in [5.41, 5.74) is 12.2. The Labute approximate surface area is 355 Å². The zero-order valence-corrected chi connectivity index (χ0v) is 32.6. The third-order valence-electron chi connectivity index (χ3n) is 11.4. The number of rotatable bonds is 8. The molecule has 0 radical (unpaired) electrons. The second-order valence-corrected chi connectivity index (χ2v) is 15.0. The van der Waals surface area contributed by atoms with Crippen LogP contribution in [0.2, 0.25) is 0 Å². The number of hydrogen-bond donors (Lipinski definition) is 0. The second kappa shape index (κ2) is 15.1. The predicted molar refractivity (Wildman–Crippen MR) is 253 cm³/mol. The van der Waals surface area contributed by atoms with Crippen molar-refractivity contribution < 1.29 is 9.90 Å². The van der Waals surface area contributed by atoms with Crippen LogP contribution >= 0.6 is 0 Å². The lowest BCUT2D eigenvalue weighted by molar-refractivity contribution is 0.673. The van der Waals surface area contributed by atoms with E-state index in [1.165, 1.54) is 0 Å². The first kappa shape index (κ1) is 31.1. The van der Waals surface area contributed by atoms with E-state index in [2.05, 4.69) is 84.9 Å². The van der Waals surface area contributed by atoms with Crippen molar-refractivity contribution in [3.63, 3.8) is 0 Å². The van der Waals surface area contributed by atoms with Gasteiger partial charge >= 0.3 is 0 Å². The van der Waals surface area contributed by atoms with Crippen LogP contribution in [0.15, 0.2) is 241 Å². The van der Waals surface area contributed by atoms with Gasteiger partial charge in [0.25, 0.3) is 0 Å². The highest BCUT2D eigenvalue weighted by molar-refractivity contribution is 6.19. The van der Waals surface area contributed by atoms with Gasteiger partial charge in [0.05, 0.1) is 11.2 Å². The van der Waals surface area contributed by atoms with Crippen LogP contribution in [0, 0.1) is 0 Å². The molecule has 0 spiro atoms. The van der Waals surface area contributed by atoms with Gasteiger partial charge in [-0.25, -0.2) is 0 Å². The van der Waals surface area contributed by atoms with E-state index in [9.17, 15) is 5.48 Å². The molecule has 0 bridgehead atoms. The van der Waals surface area contributed by atoms with Gasteiger partial charge in [-0.1, -0.05) is 194 Å². The van der Waals surface area contributed by atoms with Crippen molar-refractivity contribution in [2.24, 2.45) is 0 Å². The minimum Gasteiger partial charge on any atom is -0.455 e. The van der Waals surface area contributed by atoms with Crippen LogP contribution in [-0.2, 0) is 0 Å². The zero-order valence-electron chi connectivity index (χ0n) is 36.6. The maximum absolute atomic E-state index is 9.72. The molecule has 1 aromatic heterocycles. The quantitative estimate of drug-likeness (QED) is 0.153. The van der Waals surface area contributed by atoms with Gasteiger partial charge in [0.1, 0.15) is 11.2 Å². The van der Waals surface area contributed by atoms with Crippen molar-refractivity contribution in [1.82, 2.24) is 0 Å². The molecule has 2 nitrogen and oxygen atoms in total. The van der Waals surface area contributed by atoms with E-state index in [-0.39, 0.29) is 35.4 Å². The molecular formula is C58H39NO. The second-order valence-electron chi connectivity index (χ2n) is 15.0. The van der Waals surface area contributed by atoms with Crippen LogP contribution < -0.4 is 4.90 Å². The highest BCUT2D eigenvalue weighted by Crippen LogP contribution is 2.46. The number of hydrogen-bond acceptors (Lipinski definition) is 2. The smallest absolute Gasteiger partial charge is 0.143 e. The van der Waals surface area contributed by atoms with Crippen LogP contribution in [0.1, 0.15) is 5.48 Å². The summed E-state index contributed by atoms with van der Waals surface area (Å²) in [7, 11) is 0. The van der Waals surface area contributed by atoms with E-state index >= 15 is 0 Å². The van der Waals surface area contributed by atoms with Crippen molar-refractivity contribution in [1.29, 1.82) is 0 Å². The van der Waals surface area contributed by atoms with Crippen LogP contribution in [0.4, 0.5) is 17.1 Å². The molecular weight excluding hydrogens is 727 g/mol. The summed E-state index contributed by atoms with van der Waals surface area (Å²) >= 11 is 0. The standard InChI is InChI=1S/C58H39NO/c1-3-12-40(13-4-1)42-22-26-44(27-23-42)46-30-35-49(36-31-46)59(50-37-32-47(33-38-50)45-28-24-43(25-29-45)41-14-5-2-6-15-41)55-20-10-9-18-52(55)53-19-11-21-56-57(53)54-39-34-48-16-7-8-17-51(48)58(54)60-56/h1-39H/i30D,31D,35D,36D. The summed E-state index contributed by atoms with van der Waals surface area (Å²) in [4.78, 5) is 1.89. The minimum atomic E-state index is -0.142. The van der Waals surface area contributed by atoms with Crippen molar-refractivity contribution in [3.05, 3.63) is 236 Å². The predicted octanol–water partition coefficient (Wildman–Crippen LogP) is 16.5. The summed E-state index contributed by atoms with van der Waals surface area (Å²) in [6.45, 7) is 0. The molecule has 10 aromatic carbocycles. The number of fused-ring (bicyclic) bond motifs is 5. The highest BCUT2D eigenvalue weighted by atomic mass is 16.3. The Balaban J connectivity index is 1.08. The molecule has 1 heterocycles. The highest BCUT2D eigenvalue weighted by Gasteiger charge is 2.21. The molecule has 11 rings (SSSR count). The lowest BCUT2D eigenvalue weighted by Crippen LogP contribution is -2.11. The Bertz CT molecular complexity index is 3480. The number of para-hydroxylation sites is 1. The molecule has 0 atom stereocenters. The first-order valence-corrected chi connectivity index (χ1v) is 20.2. The molecule has 0 saturated heterocycles. The van der Waals surface area contributed by atoms with E-state index in [0.717, 1.165) is 77.2 Å². The first-order valence-electron chi connectivity index (χ1n) is 22.2. The molecule has 0 amide bonds. The van der Waals surface area contributed by atoms with E-state index in [1.54, 1.807) is 0 Å². The summed E-state index contributed by atoms with van der Waals surface area (Å²) < 4.78 is 45.1. The first-order chi connectivity index (χ1) is 31.4. The van der Waals surface area contributed by atoms with Crippen molar-refractivity contribution in [2.75, 3.05) is 4.90 Å². The molecule has 0 saturated carbocycles. The average Bonchev–Trinajstić information content (AvgIpc) is 3.76. The molecule has 0 aliphatic carbocycles. The summed E-state index contributed by atoms with van der Waals surface area (Å²) in [6.07, 6.45) is 0. The summed E-state index contributed by atoms with van der Waals surface area (Å²) in [5.74, 6) is 0. The number of benzene rings is 10. The third kappa shape index (κ3) is 6.41. The minimum absolute atomic E-state index is 0.115. The maximum atomic E-state index is 9.72. The number of nitrogens with zero attached hydrogens (tertiary/aromatic N) is 1. The monoisotopic (exact) mass is 769 g/mol. The summed E-state index contributed by atoms with van der Waals surface area (Å²) in [5, 5.41) is 4.07. The fourth-order valence-electron chi connectivity index (χ4n) is 8.37.